The van der Waals surface area contributed by atoms with E-state index in [9.17, 15) is 0 Å². The maximum atomic E-state index is 5.71. The van der Waals surface area contributed by atoms with E-state index in [4.69, 9.17) is 10.5 Å². The van der Waals surface area contributed by atoms with Gasteiger partial charge in [0, 0.05) is 23.5 Å². The highest BCUT2D eigenvalue weighted by Crippen LogP contribution is 2.20. The molecular formula is C13H12N4O. The van der Waals surface area contributed by atoms with Gasteiger partial charge in [-0.05, 0) is 30.3 Å². The molecule has 0 saturated heterocycles. The quantitative estimate of drug-likeness (QED) is 0.744. The lowest BCUT2D eigenvalue weighted by atomic mass is 10.2. The average molecular weight is 240 g/mol. The Labute approximate surface area is 104 Å². The van der Waals surface area contributed by atoms with Crippen LogP contribution in [0.3, 0.4) is 0 Å². The number of rotatable bonds is 2. The Balaban J connectivity index is 2.07. The molecule has 3 aromatic rings. The molecule has 0 saturated carbocycles. The van der Waals surface area contributed by atoms with Gasteiger partial charge in [-0.25, -0.2) is 9.50 Å². The minimum atomic E-state index is 0.670. The number of ether oxygens (including phenoxy) is 1. The van der Waals surface area contributed by atoms with Crippen LogP contribution in [0.5, 0.6) is 5.75 Å². The fourth-order valence-corrected chi connectivity index (χ4v) is 1.76. The largest absolute Gasteiger partial charge is 0.497 e. The minimum Gasteiger partial charge on any atom is -0.497 e. The first kappa shape index (κ1) is 10.6. The number of anilines is 1. The van der Waals surface area contributed by atoms with Crippen molar-refractivity contribution < 1.29 is 4.74 Å². The molecule has 0 fully saturated rings. The molecule has 0 spiro atoms. The zero-order valence-electron chi connectivity index (χ0n) is 9.87. The average Bonchev–Trinajstić information content (AvgIpc) is 2.81. The van der Waals surface area contributed by atoms with Crippen molar-refractivity contribution in [3.05, 3.63) is 42.6 Å². The normalized spacial score (nSPS) is 10.7. The number of nitrogen functional groups attached to an aromatic ring is 1. The van der Waals surface area contributed by atoms with Crippen LogP contribution in [0.15, 0.2) is 42.6 Å². The van der Waals surface area contributed by atoms with Crippen LogP contribution in [-0.4, -0.2) is 21.7 Å². The second kappa shape index (κ2) is 4.03. The van der Waals surface area contributed by atoms with Gasteiger partial charge >= 0.3 is 0 Å². The van der Waals surface area contributed by atoms with Crippen LogP contribution in [0, 0.1) is 0 Å². The summed E-state index contributed by atoms with van der Waals surface area (Å²) in [5.74, 6) is 1.48. The molecule has 2 N–H and O–H groups in total. The summed E-state index contributed by atoms with van der Waals surface area (Å²) in [6, 6.07) is 11.2. The van der Waals surface area contributed by atoms with Crippen molar-refractivity contribution in [1.29, 1.82) is 0 Å². The molecule has 0 aliphatic heterocycles. The van der Waals surface area contributed by atoms with Gasteiger partial charge < -0.3 is 10.5 Å². The highest BCUT2D eigenvalue weighted by atomic mass is 16.5. The molecule has 90 valence electrons. The van der Waals surface area contributed by atoms with Crippen LogP contribution in [0.25, 0.3) is 17.0 Å². The van der Waals surface area contributed by atoms with Crippen molar-refractivity contribution >= 4 is 11.3 Å². The highest BCUT2D eigenvalue weighted by molar-refractivity contribution is 5.61. The number of nitrogens with zero attached hydrogens (tertiary/aromatic N) is 3. The molecule has 18 heavy (non-hydrogen) atoms. The summed E-state index contributed by atoms with van der Waals surface area (Å²) in [6.07, 6.45) is 1.80. The summed E-state index contributed by atoms with van der Waals surface area (Å²) in [5.41, 5.74) is 8.07. The van der Waals surface area contributed by atoms with Crippen molar-refractivity contribution in [2.24, 2.45) is 0 Å². The number of fused-ring (bicyclic) bond motifs is 1. The van der Waals surface area contributed by atoms with Crippen LogP contribution in [0.1, 0.15) is 0 Å². The maximum absolute atomic E-state index is 5.71. The molecule has 5 heteroatoms. The van der Waals surface area contributed by atoms with E-state index in [0.29, 0.717) is 11.5 Å². The second-order valence-corrected chi connectivity index (χ2v) is 3.93. The third kappa shape index (κ3) is 1.75. The number of nitrogens with two attached hydrogens (primary N) is 1. The number of hydrogen-bond donors (Lipinski definition) is 1. The summed E-state index contributed by atoms with van der Waals surface area (Å²) in [7, 11) is 1.64. The molecule has 0 radical (unpaired) electrons. The molecule has 3 rings (SSSR count). The van der Waals surface area contributed by atoms with Gasteiger partial charge in [-0.3, -0.25) is 0 Å². The first-order valence-electron chi connectivity index (χ1n) is 5.52. The second-order valence-electron chi connectivity index (χ2n) is 3.93. The molecule has 5 nitrogen and oxygen atoms in total. The molecule has 0 unspecified atom stereocenters. The van der Waals surface area contributed by atoms with E-state index in [2.05, 4.69) is 10.1 Å². The van der Waals surface area contributed by atoms with E-state index >= 15 is 0 Å². The van der Waals surface area contributed by atoms with Gasteiger partial charge in [0.15, 0.2) is 11.5 Å². The third-order valence-electron chi connectivity index (χ3n) is 2.71. The van der Waals surface area contributed by atoms with E-state index in [1.807, 2.05) is 24.3 Å². The maximum Gasteiger partial charge on any atom is 0.182 e. The Morgan fingerprint density at radius 2 is 1.94 bits per heavy atom. The lowest BCUT2D eigenvalue weighted by Crippen LogP contribution is -1.89. The molecule has 0 aliphatic carbocycles. The predicted molar refractivity (Wildman–Crippen MR) is 69.4 cm³/mol. The van der Waals surface area contributed by atoms with Crippen molar-refractivity contribution in [3.63, 3.8) is 0 Å². The summed E-state index contributed by atoms with van der Waals surface area (Å²) >= 11 is 0. The number of aromatic nitrogens is 3. The Hall–Kier alpha value is -2.56. The van der Waals surface area contributed by atoms with E-state index < -0.39 is 0 Å². The predicted octanol–water partition coefficient (Wildman–Crippen LogP) is 1.99. The summed E-state index contributed by atoms with van der Waals surface area (Å²) in [5, 5.41) is 4.39. The number of hydrogen-bond acceptors (Lipinski definition) is 4. The van der Waals surface area contributed by atoms with Gasteiger partial charge in [-0.15, -0.1) is 5.10 Å². The minimum absolute atomic E-state index is 0.670. The third-order valence-corrected chi connectivity index (χ3v) is 2.71. The van der Waals surface area contributed by atoms with Crippen molar-refractivity contribution in [1.82, 2.24) is 14.6 Å². The number of benzene rings is 1. The van der Waals surface area contributed by atoms with Gasteiger partial charge in [0.1, 0.15) is 5.75 Å². The number of pyridine rings is 1. The van der Waals surface area contributed by atoms with Crippen LogP contribution in [0.2, 0.25) is 0 Å². The lowest BCUT2D eigenvalue weighted by molar-refractivity contribution is 0.415. The van der Waals surface area contributed by atoms with Crippen LogP contribution >= 0.6 is 0 Å². The summed E-state index contributed by atoms with van der Waals surface area (Å²) in [6.45, 7) is 0. The van der Waals surface area contributed by atoms with Crippen LogP contribution < -0.4 is 10.5 Å². The lowest BCUT2D eigenvalue weighted by Gasteiger charge is -1.99. The monoisotopic (exact) mass is 240 g/mol. The molecule has 0 amide bonds. The van der Waals surface area contributed by atoms with Crippen molar-refractivity contribution in [2.75, 3.05) is 12.8 Å². The first-order valence-corrected chi connectivity index (χ1v) is 5.52. The fourth-order valence-electron chi connectivity index (χ4n) is 1.76. The Bertz CT molecular complexity index is 688. The molecule has 1 aromatic carbocycles. The van der Waals surface area contributed by atoms with E-state index in [0.717, 1.165) is 17.0 Å². The Morgan fingerprint density at radius 1 is 1.17 bits per heavy atom. The number of methoxy groups -OCH3 is 1. The van der Waals surface area contributed by atoms with Crippen LogP contribution in [0.4, 0.5) is 5.69 Å². The zero-order chi connectivity index (χ0) is 12.5. The highest BCUT2D eigenvalue weighted by Gasteiger charge is 2.06. The van der Waals surface area contributed by atoms with Gasteiger partial charge in [0.2, 0.25) is 0 Å². The summed E-state index contributed by atoms with van der Waals surface area (Å²) in [4.78, 5) is 4.43. The van der Waals surface area contributed by atoms with E-state index in [1.165, 1.54) is 0 Å². The molecule has 0 atom stereocenters. The van der Waals surface area contributed by atoms with Crippen LogP contribution in [-0.2, 0) is 0 Å². The van der Waals surface area contributed by atoms with E-state index in [-0.39, 0.29) is 0 Å². The fraction of sp³-hybridized carbons (Fsp3) is 0.0769. The van der Waals surface area contributed by atoms with Gasteiger partial charge in [0.05, 0.1) is 7.11 Å². The van der Waals surface area contributed by atoms with Gasteiger partial charge in [-0.2, -0.15) is 0 Å². The molecular weight excluding hydrogens is 228 g/mol. The molecule has 0 bridgehead atoms. The molecule has 2 aromatic heterocycles. The Kier molecular flexibility index (Phi) is 2.37. The van der Waals surface area contributed by atoms with Crippen molar-refractivity contribution in [2.45, 2.75) is 0 Å². The summed E-state index contributed by atoms with van der Waals surface area (Å²) < 4.78 is 6.82. The first-order chi connectivity index (χ1) is 8.76. The van der Waals surface area contributed by atoms with Crippen molar-refractivity contribution in [3.8, 4) is 17.1 Å². The van der Waals surface area contributed by atoms with Gasteiger partial charge in [0.25, 0.3) is 0 Å². The zero-order valence-corrected chi connectivity index (χ0v) is 9.87. The smallest absolute Gasteiger partial charge is 0.182 e. The van der Waals surface area contributed by atoms with E-state index in [1.54, 1.807) is 30.0 Å². The standard InChI is InChI=1S/C13H12N4O/c1-18-11-4-2-9(3-5-11)13-15-12-8-10(14)6-7-17(12)16-13/h2-8H,14H2,1H3. The molecule has 0 aliphatic rings. The molecule has 2 heterocycles. The SMILES string of the molecule is COc1ccc(-c2nc3cc(N)ccn3n2)cc1. The Morgan fingerprint density at radius 3 is 2.67 bits per heavy atom. The topological polar surface area (TPSA) is 65.4 Å². The van der Waals surface area contributed by atoms with Gasteiger partial charge in [-0.1, -0.05) is 0 Å².